The molecule has 0 fully saturated rings. The van der Waals surface area contributed by atoms with Gasteiger partial charge in [0.1, 0.15) is 0 Å². The molecule has 0 atom stereocenters. The van der Waals surface area contributed by atoms with Crippen LogP contribution in [0.2, 0.25) is 0 Å². The van der Waals surface area contributed by atoms with Crippen molar-refractivity contribution in [3.05, 3.63) is 0 Å². The largest absolute Gasteiger partial charge is 2.00 e. The van der Waals surface area contributed by atoms with E-state index < -0.39 is 0 Å². The summed E-state index contributed by atoms with van der Waals surface area (Å²) in [6.07, 6.45) is 0. The second kappa shape index (κ2) is 115. The molecule has 0 rings (SSSR count). The molecule has 6 nitrogen and oxygen atoms in total. The predicted octanol–water partition coefficient (Wildman–Crippen LogP) is -6.60. The molecule has 0 aromatic carbocycles. The summed E-state index contributed by atoms with van der Waals surface area (Å²) in [5, 5.41) is 0. The van der Waals surface area contributed by atoms with Gasteiger partial charge in [-0.1, -0.05) is 0 Å². The second-order valence-electron chi connectivity index (χ2n) is 0. The van der Waals surface area contributed by atoms with Crippen LogP contribution in [0.25, 0.3) is 0 Å². The van der Waals surface area contributed by atoms with Crippen LogP contribution < -0.4 is 0 Å². The Bertz CT molecular complexity index is 28.2. The predicted molar refractivity (Wildman–Crippen MR) is 55.6 cm³/mol. The van der Waals surface area contributed by atoms with Gasteiger partial charge in [-0.25, -0.2) is 0 Å². The fourth-order valence-corrected chi connectivity index (χ4v) is 0. The van der Waals surface area contributed by atoms with Gasteiger partial charge in [0, 0.05) is 0 Å². The van der Waals surface area contributed by atoms with Crippen LogP contribution in [0, 0.1) is 0 Å². The van der Waals surface area contributed by atoms with Gasteiger partial charge in [-0.15, -0.1) is 0 Å². The Kier molecular flexibility index (Phi) is 1670. The van der Waals surface area contributed by atoms with E-state index in [1.165, 1.54) is 0 Å². The molecule has 12 N–H and O–H groups in total. The fourth-order valence-electron chi connectivity index (χ4n) is 0. The second-order valence-corrected chi connectivity index (χ2v) is 0. The Morgan fingerprint density at radius 1 is 0.400 bits per heavy atom. The number of rotatable bonds is 0. The maximum atomic E-state index is 0. The smallest absolute Gasteiger partial charge is 1.00 e. The Hall–Kier alpha value is 4.07. The Labute approximate surface area is 168 Å². The average Bonchev–Trinajstić information content (AvgIpc) is 0. The summed E-state index contributed by atoms with van der Waals surface area (Å²) in [7, 11) is 0. The van der Waals surface area contributed by atoms with Crippen molar-refractivity contribution in [3.8, 4) is 0 Å². The zero-order chi connectivity index (χ0) is 0. The first-order chi connectivity index (χ1) is 0. The first-order valence-corrected chi connectivity index (χ1v) is 0. The molecule has 66 valence electrons. The third kappa shape index (κ3) is 89.3. The van der Waals surface area contributed by atoms with Crippen molar-refractivity contribution < 1.29 is 41.4 Å². The summed E-state index contributed by atoms with van der Waals surface area (Å²) in [5.41, 5.74) is 0. The van der Waals surface area contributed by atoms with E-state index >= 15 is 0 Å². The maximum absolute atomic E-state index is 0. The van der Waals surface area contributed by atoms with Crippen LogP contribution in [0.1, 0.15) is 8.56 Å². The van der Waals surface area contributed by atoms with Gasteiger partial charge in [-0.3, -0.25) is 0 Å². The standard InChI is InChI=1S/Al.3Ca.6H2O.9H/h;;;;6*1H2;;;;;;;;;/q;3*+2;;;;;;;;;;6*-1. The van der Waals surface area contributed by atoms with E-state index in [1.54, 1.807) is 0 Å². The van der Waals surface area contributed by atoms with Gasteiger partial charge >= 0.3 is 113 Å². The van der Waals surface area contributed by atoms with Crippen molar-refractivity contribution >= 4 is 131 Å². The molecule has 0 aliphatic carbocycles. The summed E-state index contributed by atoms with van der Waals surface area (Å²) in [6.45, 7) is 0. The monoisotopic (exact) mass is 264 g/mol. The average molecular weight is 264 g/mol. The van der Waals surface area contributed by atoms with Gasteiger partial charge < -0.3 is 41.4 Å². The minimum absolute atomic E-state index is 0. The minimum atomic E-state index is 0. The van der Waals surface area contributed by atoms with E-state index in [9.17, 15) is 0 Å². The fraction of sp³-hybridized carbons (Fsp3) is 0. The summed E-state index contributed by atoms with van der Waals surface area (Å²) in [6, 6.07) is 0. The molecule has 0 aliphatic heterocycles. The molecule has 0 bridgehead atoms. The van der Waals surface area contributed by atoms with E-state index in [0.29, 0.717) is 0 Å². The topological polar surface area (TPSA) is 189 Å². The molecule has 0 unspecified atom stereocenters. The van der Waals surface area contributed by atoms with Crippen LogP contribution in [0.5, 0.6) is 0 Å². The van der Waals surface area contributed by atoms with Crippen molar-refractivity contribution in [1.82, 2.24) is 0 Å². The van der Waals surface area contributed by atoms with Gasteiger partial charge in [0.15, 0.2) is 17.4 Å². The molecule has 0 saturated carbocycles. The van der Waals surface area contributed by atoms with Crippen molar-refractivity contribution in [2.24, 2.45) is 0 Å². The van der Waals surface area contributed by atoms with Crippen molar-refractivity contribution in [1.29, 1.82) is 0 Å². The van der Waals surface area contributed by atoms with Gasteiger partial charge in [-0.05, 0) is 0 Å². The van der Waals surface area contributed by atoms with Gasteiger partial charge in [0.05, 0.1) is 0 Å². The van der Waals surface area contributed by atoms with Gasteiger partial charge in [0.2, 0.25) is 0 Å². The maximum Gasteiger partial charge on any atom is 2.00 e. The summed E-state index contributed by atoms with van der Waals surface area (Å²) >= 11 is 0. The third-order valence-electron chi connectivity index (χ3n) is 0. The molecule has 0 spiro atoms. The Morgan fingerprint density at radius 2 is 0.400 bits per heavy atom. The first-order valence-electron chi connectivity index (χ1n) is 0. The molecule has 10 heteroatoms. The quantitative estimate of drug-likeness (QED) is 0.376. The summed E-state index contributed by atoms with van der Waals surface area (Å²) < 4.78 is 0. The zero-order valence-corrected chi connectivity index (χ0v) is 11.7. The molecule has 0 radical (unpaired) electrons. The van der Waals surface area contributed by atoms with Crippen LogP contribution in [0.3, 0.4) is 0 Å². The van der Waals surface area contributed by atoms with Crippen molar-refractivity contribution in [2.45, 2.75) is 0 Å². The van der Waals surface area contributed by atoms with Crippen LogP contribution >= 0.6 is 0 Å². The molecule has 0 aliphatic rings. The number of hydrogen-bond acceptors (Lipinski definition) is 0. The molecule has 0 amide bonds. The van der Waals surface area contributed by atoms with E-state index in [4.69, 9.17) is 0 Å². The van der Waals surface area contributed by atoms with Crippen LogP contribution in [0.4, 0.5) is 0 Å². The molecule has 0 saturated heterocycles. The molecular weight excluding hydrogens is 243 g/mol. The van der Waals surface area contributed by atoms with E-state index in [0.717, 1.165) is 0 Å². The number of hydrogen-bond donors (Lipinski definition) is 0. The van der Waals surface area contributed by atoms with E-state index in [2.05, 4.69) is 0 Å². The summed E-state index contributed by atoms with van der Waals surface area (Å²) in [4.78, 5) is 0. The van der Waals surface area contributed by atoms with Crippen LogP contribution in [0.15, 0.2) is 0 Å². The Balaban J connectivity index is 0. The molecule has 10 heavy (non-hydrogen) atoms. The SMILES string of the molecule is O.O.O.O.O.O.[AlH3].[Ca+2].[Ca+2].[Ca+2].[H-].[H-].[H-].[H-].[H-].[H-]. The normalized spacial score (nSPS) is 0. The Morgan fingerprint density at radius 3 is 0.400 bits per heavy atom. The molecule has 0 heterocycles. The van der Waals surface area contributed by atoms with Crippen LogP contribution in [-0.4, -0.2) is 163 Å². The summed E-state index contributed by atoms with van der Waals surface area (Å²) in [5.74, 6) is 0. The zero-order valence-electron chi connectivity index (χ0n) is 11.1. The minimum Gasteiger partial charge on any atom is -1.00 e. The van der Waals surface area contributed by atoms with Gasteiger partial charge in [-0.2, -0.15) is 0 Å². The molecular formula is H21AlCa3O6. The van der Waals surface area contributed by atoms with Crippen molar-refractivity contribution in [2.75, 3.05) is 0 Å². The molecule has 0 aromatic heterocycles. The van der Waals surface area contributed by atoms with E-state index in [1.807, 2.05) is 0 Å². The van der Waals surface area contributed by atoms with E-state index in [-0.39, 0.29) is 172 Å². The third-order valence-corrected chi connectivity index (χ3v) is 0. The van der Waals surface area contributed by atoms with Crippen LogP contribution in [-0.2, 0) is 0 Å². The first kappa shape index (κ1) is 145. The molecule has 0 aromatic rings. The van der Waals surface area contributed by atoms with Gasteiger partial charge in [0.25, 0.3) is 0 Å². The van der Waals surface area contributed by atoms with Crippen molar-refractivity contribution in [3.63, 3.8) is 0 Å².